The molecule has 0 aliphatic carbocycles. The summed E-state index contributed by atoms with van der Waals surface area (Å²) < 4.78 is 5.19. The summed E-state index contributed by atoms with van der Waals surface area (Å²) in [6.07, 6.45) is 0. The number of methoxy groups -OCH3 is 1. The third kappa shape index (κ3) is 3.21. The first-order valence-electron chi connectivity index (χ1n) is 8.28. The van der Waals surface area contributed by atoms with Gasteiger partial charge in [0, 0.05) is 23.1 Å². The number of nitrogens with zero attached hydrogens (tertiary/aromatic N) is 1. The van der Waals surface area contributed by atoms with Crippen molar-refractivity contribution in [3.63, 3.8) is 0 Å². The van der Waals surface area contributed by atoms with Crippen molar-refractivity contribution in [2.75, 3.05) is 12.4 Å². The number of aromatic nitrogens is 1. The van der Waals surface area contributed by atoms with Crippen LogP contribution >= 0.6 is 11.3 Å². The minimum Gasteiger partial charge on any atom is -0.508 e. The highest BCUT2D eigenvalue weighted by Crippen LogP contribution is 2.30. The van der Waals surface area contributed by atoms with Gasteiger partial charge in [-0.15, -0.1) is 11.3 Å². The lowest BCUT2D eigenvalue weighted by atomic mass is 10.0. The molecule has 0 saturated heterocycles. The number of phenols is 1. The second-order valence-electron chi connectivity index (χ2n) is 5.90. The van der Waals surface area contributed by atoms with E-state index in [0.717, 1.165) is 38.5 Å². The molecular weight excluding hydrogens is 344 g/mol. The summed E-state index contributed by atoms with van der Waals surface area (Å²) >= 11 is 1.55. The van der Waals surface area contributed by atoms with Crippen LogP contribution in [0.2, 0.25) is 0 Å². The van der Waals surface area contributed by atoms with Gasteiger partial charge in [0.25, 0.3) is 0 Å². The predicted molar refractivity (Wildman–Crippen MR) is 107 cm³/mol. The number of fused-ring (bicyclic) bond motifs is 1. The summed E-state index contributed by atoms with van der Waals surface area (Å²) in [5, 5.41) is 18.6. The number of rotatable bonds is 5. The van der Waals surface area contributed by atoms with Crippen LogP contribution in [0, 0.1) is 0 Å². The van der Waals surface area contributed by atoms with Crippen molar-refractivity contribution in [3.8, 4) is 22.8 Å². The molecule has 0 atom stereocenters. The fourth-order valence-electron chi connectivity index (χ4n) is 2.92. The van der Waals surface area contributed by atoms with Gasteiger partial charge in [-0.1, -0.05) is 30.3 Å². The van der Waals surface area contributed by atoms with Gasteiger partial charge in [0.05, 0.1) is 12.8 Å². The minimum atomic E-state index is 0.295. The Bertz CT molecular complexity index is 1040. The van der Waals surface area contributed by atoms with Crippen molar-refractivity contribution in [1.82, 2.24) is 4.98 Å². The predicted octanol–water partition coefficient (Wildman–Crippen LogP) is 5.29. The second kappa shape index (κ2) is 7.06. The van der Waals surface area contributed by atoms with E-state index in [1.165, 1.54) is 0 Å². The summed E-state index contributed by atoms with van der Waals surface area (Å²) in [6.45, 7) is 0.517. The van der Waals surface area contributed by atoms with Crippen LogP contribution in [0.3, 0.4) is 0 Å². The van der Waals surface area contributed by atoms with Crippen LogP contribution in [-0.4, -0.2) is 17.2 Å². The first kappa shape index (κ1) is 16.4. The zero-order chi connectivity index (χ0) is 17.9. The fourth-order valence-corrected chi connectivity index (χ4v) is 3.64. The number of phenolic OH excluding ortho intramolecular Hbond substituents is 1. The van der Waals surface area contributed by atoms with E-state index >= 15 is 0 Å². The van der Waals surface area contributed by atoms with Crippen LogP contribution in [0.4, 0.5) is 5.13 Å². The Morgan fingerprint density at radius 2 is 1.85 bits per heavy atom. The third-order valence-corrected chi connectivity index (χ3v) is 5.12. The maximum atomic E-state index is 10.3. The Morgan fingerprint density at radius 1 is 1.04 bits per heavy atom. The highest BCUT2D eigenvalue weighted by Gasteiger charge is 2.09. The van der Waals surface area contributed by atoms with Gasteiger partial charge in [0.1, 0.15) is 11.5 Å². The molecule has 0 fully saturated rings. The summed E-state index contributed by atoms with van der Waals surface area (Å²) in [7, 11) is 1.66. The van der Waals surface area contributed by atoms with Crippen LogP contribution in [0.25, 0.3) is 22.0 Å². The van der Waals surface area contributed by atoms with Crippen LogP contribution in [0.15, 0.2) is 66.0 Å². The molecular formula is C21H18N2O2S. The third-order valence-electron chi connectivity index (χ3n) is 4.32. The molecule has 130 valence electrons. The van der Waals surface area contributed by atoms with Gasteiger partial charge in [-0.05, 0) is 41.1 Å². The molecule has 2 N–H and O–H groups in total. The average molecular weight is 362 g/mol. The molecule has 0 unspecified atom stereocenters. The van der Waals surface area contributed by atoms with Crippen molar-refractivity contribution in [3.05, 3.63) is 71.6 Å². The van der Waals surface area contributed by atoms with E-state index in [1.807, 2.05) is 60.0 Å². The van der Waals surface area contributed by atoms with Crippen molar-refractivity contribution in [1.29, 1.82) is 0 Å². The number of hydrogen-bond donors (Lipinski definition) is 2. The van der Waals surface area contributed by atoms with Crippen LogP contribution in [0.5, 0.6) is 11.5 Å². The zero-order valence-electron chi connectivity index (χ0n) is 14.3. The molecule has 4 nitrogen and oxygen atoms in total. The van der Waals surface area contributed by atoms with Gasteiger partial charge in [-0.3, -0.25) is 0 Å². The van der Waals surface area contributed by atoms with E-state index in [9.17, 15) is 5.11 Å². The largest absolute Gasteiger partial charge is 0.508 e. The van der Waals surface area contributed by atoms with E-state index in [1.54, 1.807) is 24.5 Å². The topological polar surface area (TPSA) is 54.4 Å². The zero-order valence-corrected chi connectivity index (χ0v) is 15.1. The maximum Gasteiger partial charge on any atom is 0.183 e. The summed E-state index contributed by atoms with van der Waals surface area (Å²) in [6, 6.07) is 19.6. The Morgan fingerprint density at radius 3 is 2.65 bits per heavy atom. The second-order valence-corrected chi connectivity index (χ2v) is 6.76. The van der Waals surface area contributed by atoms with Gasteiger partial charge >= 0.3 is 0 Å². The first-order valence-corrected chi connectivity index (χ1v) is 9.16. The highest BCUT2D eigenvalue weighted by atomic mass is 32.1. The Kier molecular flexibility index (Phi) is 4.46. The van der Waals surface area contributed by atoms with Crippen molar-refractivity contribution < 1.29 is 9.84 Å². The van der Waals surface area contributed by atoms with Gasteiger partial charge < -0.3 is 15.2 Å². The highest BCUT2D eigenvalue weighted by molar-refractivity contribution is 7.14. The van der Waals surface area contributed by atoms with Gasteiger partial charge in [0.15, 0.2) is 5.13 Å². The van der Waals surface area contributed by atoms with Crippen LogP contribution in [0.1, 0.15) is 5.56 Å². The lowest BCUT2D eigenvalue weighted by Crippen LogP contribution is -2.00. The number of aromatic hydroxyl groups is 1. The van der Waals surface area contributed by atoms with E-state index in [4.69, 9.17) is 4.74 Å². The number of thiazole rings is 1. The Balaban J connectivity index is 1.54. The van der Waals surface area contributed by atoms with Gasteiger partial charge in [-0.2, -0.15) is 0 Å². The number of benzene rings is 3. The molecule has 0 amide bonds. The fraction of sp³-hybridized carbons (Fsp3) is 0.0952. The summed E-state index contributed by atoms with van der Waals surface area (Å²) in [5.41, 5.74) is 2.84. The molecule has 0 saturated carbocycles. The molecule has 1 heterocycles. The van der Waals surface area contributed by atoms with E-state index in [-0.39, 0.29) is 0 Å². The molecule has 26 heavy (non-hydrogen) atoms. The Labute approximate surface area is 155 Å². The van der Waals surface area contributed by atoms with Crippen molar-refractivity contribution in [2.45, 2.75) is 6.54 Å². The van der Waals surface area contributed by atoms with E-state index in [0.29, 0.717) is 12.3 Å². The molecule has 0 bridgehead atoms. The van der Waals surface area contributed by atoms with E-state index < -0.39 is 0 Å². The Hall–Kier alpha value is -3.05. The summed E-state index contributed by atoms with van der Waals surface area (Å²) in [4.78, 5) is 4.65. The number of hydrogen-bond acceptors (Lipinski definition) is 5. The average Bonchev–Trinajstić information content (AvgIpc) is 3.16. The SMILES string of the molecule is COc1ccc(-c2csc(NCc3c(O)ccc4ccccc34)n2)cc1. The smallest absolute Gasteiger partial charge is 0.183 e. The van der Waals surface area contributed by atoms with Crippen molar-refractivity contribution in [2.24, 2.45) is 0 Å². The minimum absolute atomic E-state index is 0.295. The number of ether oxygens (including phenoxy) is 1. The normalized spacial score (nSPS) is 10.8. The van der Waals surface area contributed by atoms with Crippen LogP contribution in [-0.2, 0) is 6.54 Å². The van der Waals surface area contributed by atoms with Gasteiger partial charge in [0.2, 0.25) is 0 Å². The quantitative estimate of drug-likeness (QED) is 0.506. The molecule has 4 aromatic rings. The summed E-state index contributed by atoms with van der Waals surface area (Å²) in [5.74, 6) is 1.12. The maximum absolute atomic E-state index is 10.3. The number of nitrogens with one attached hydrogen (secondary N) is 1. The molecule has 1 aromatic heterocycles. The standard InChI is InChI=1S/C21H18N2O2S/c1-25-16-9-6-15(7-10-16)19-13-26-21(23-19)22-12-18-17-5-3-2-4-14(17)8-11-20(18)24/h2-11,13,24H,12H2,1H3,(H,22,23). The molecule has 0 radical (unpaired) electrons. The molecule has 0 aliphatic rings. The molecule has 0 aliphatic heterocycles. The van der Waals surface area contributed by atoms with Crippen LogP contribution < -0.4 is 10.1 Å². The monoisotopic (exact) mass is 362 g/mol. The molecule has 5 heteroatoms. The first-order chi connectivity index (χ1) is 12.7. The number of anilines is 1. The van der Waals surface area contributed by atoms with E-state index in [2.05, 4.69) is 10.3 Å². The van der Waals surface area contributed by atoms with Crippen molar-refractivity contribution >= 4 is 27.2 Å². The molecule has 3 aromatic carbocycles. The van der Waals surface area contributed by atoms with Gasteiger partial charge in [-0.25, -0.2) is 4.98 Å². The lowest BCUT2D eigenvalue weighted by molar-refractivity contribution is 0.415. The lowest BCUT2D eigenvalue weighted by Gasteiger charge is -2.09. The molecule has 0 spiro atoms. The molecule has 4 rings (SSSR count).